The molecule has 0 bridgehead atoms. The molecule has 0 aliphatic carbocycles. The molecule has 2 aromatic rings. The molecule has 0 spiro atoms. The fraction of sp³-hybridized carbons (Fsp3) is 0.462. The molecule has 34 heavy (non-hydrogen) atoms. The molecular weight excluding hydrogens is 450 g/mol. The van der Waals surface area contributed by atoms with Gasteiger partial charge in [-0.3, -0.25) is 13.9 Å². The summed E-state index contributed by atoms with van der Waals surface area (Å²) in [5.41, 5.74) is 4.10. The van der Waals surface area contributed by atoms with Crippen LogP contribution in [0.3, 0.4) is 0 Å². The van der Waals surface area contributed by atoms with Gasteiger partial charge in [0.2, 0.25) is 21.8 Å². The predicted molar refractivity (Wildman–Crippen MR) is 137 cm³/mol. The molecule has 1 atom stereocenters. The van der Waals surface area contributed by atoms with Gasteiger partial charge in [-0.2, -0.15) is 0 Å². The summed E-state index contributed by atoms with van der Waals surface area (Å²) in [6.45, 7) is 11.7. The zero-order valence-corrected chi connectivity index (χ0v) is 22.1. The number of aryl methyl sites for hydroxylation is 3. The Bertz CT molecular complexity index is 1130. The molecule has 0 saturated carbocycles. The van der Waals surface area contributed by atoms with Crippen molar-refractivity contribution in [3.05, 3.63) is 64.7 Å². The van der Waals surface area contributed by atoms with E-state index in [9.17, 15) is 18.0 Å². The number of hydrogen-bond acceptors (Lipinski definition) is 4. The number of anilines is 1. The second-order valence-electron chi connectivity index (χ2n) is 9.32. The largest absolute Gasteiger partial charge is 0.354 e. The van der Waals surface area contributed by atoms with Gasteiger partial charge in [-0.1, -0.05) is 55.8 Å². The lowest BCUT2D eigenvalue weighted by molar-refractivity contribution is -0.139. The van der Waals surface area contributed by atoms with Crippen LogP contribution in [-0.4, -0.2) is 50.5 Å². The van der Waals surface area contributed by atoms with Crippen LogP contribution >= 0.6 is 0 Å². The van der Waals surface area contributed by atoms with Crippen LogP contribution in [0.1, 0.15) is 43.0 Å². The Morgan fingerprint density at radius 3 is 2.18 bits per heavy atom. The summed E-state index contributed by atoms with van der Waals surface area (Å²) in [5, 5.41) is 2.88. The normalized spacial score (nSPS) is 12.4. The van der Waals surface area contributed by atoms with Crippen molar-refractivity contribution in [1.29, 1.82) is 0 Å². The molecule has 0 radical (unpaired) electrons. The first kappa shape index (κ1) is 27.4. The number of nitrogens with one attached hydrogen (secondary N) is 1. The Labute approximate surface area is 204 Å². The van der Waals surface area contributed by atoms with E-state index >= 15 is 0 Å². The van der Waals surface area contributed by atoms with E-state index in [2.05, 4.69) is 5.32 Å². The topological polar surface area (TPSA) is 86.8 Å². The smallest absolute Gasteiger partial charge is 0.244 e. The maximum absolute atomic E-state index is 13.6. The summed E-state index contributed by atoms with van der Waals surface area (Å²) in [4.78, 5) is 27.9. The van der Waals surface area contributed by atoms with E-state index in [-0.39, 0.29) is 18.4 Å². The number of nitrogens with zero attached hydrogens (tertiary/aromatic N) is 2. The second kappa shape index (κ2) is 11.5. The third-order valence-corrected chi connectivity index (χ3v) is 6.88. The minimum absolute atomic E-state index is 0.201. The van der Waals surface area contributed by atoms with Gasteiger partial charge in [-0.25, -0.2) is 8.42 Å². The molecule has 0 aromatic heterocycles. The molecule has 7 nitrogen and oxygen atoms in total. The van der Waals surface area contributed by atoms with Crippen molar-refractivity contribution in [1.82, 2.24) is 10.2 Å². The van der Waals surface area contributed by atoms with Crippen LogP contribution < -0.4 is 9.62 Å². The van der Waals surface area contributed by atoms with Crippen LogP contribution in [0.2, 0.25) is 0 Å². The first-order chi connectivity index (χ1) is 15.8. The monoisotopic (exact) mass is 487 g/mol. The number of carbonyl (C=O) groups excluding carboxylic acids is 2. The Morgan fingerprint density at radius 2 is 1.62 bits per heavy atom. The van der Waals surface area contributed by atoms with E-state index in [4.69, 9.17) is 0 Å². The van der Waals surface area contributed by atoms with Gasteiger partial charge in [0, 0.05) is 13.1 Å². The van der Waals surface area contributed by atoms with Crippen molar-refractivity contribution in [3.63, 3.8) is 0 Å². The van der Waals surface area contributed by atoms with Crippen molar-refractivity contribution >= 4 is 27.5 Å². The third kappa shape index (κ3) is 7.32. The number of hydrogen-bond donors (Lipinski definition) is 1. The van der Waals surface area contributed by atoms with Crippen molar-refractivity contribution in [3.8, 4) is 0 Å². The number of carbonyl (C=O) groups is 2. The number of amides is 2. The Morgan fingerprint density at radius 1 is 0.971 bits per heavy atom. The molecule has 186 valence electrons. The molecule has 2 rings (SSSR count). The first-order valence-corrected chi connectivity index (χ1v) is 13.3. The highest BCUT2D eigenvalue weighted by Gasteiger charge is 2.30. The van der Waals surface area contributed by atoms with E-state index in [1.165, 1.54) is 4.90 Å². The lowest BCUT2D eigenvalue weighted by Crippen LogP contribution is -2.51. The van der Waals surface area contributed by atoms with Crippen molar-refractivity contribution < 1.29 is 18.0 Å². The van der Waals surface area contributed by atoms with Crippen molar-refractivity contribution in [2.24, 2.45) is 5.92 Å². The van der Waals surface area contributed by atoms with Gasteiger partial charge in [0.05, 0.1) is 11.9 Å². The third-order valence-electron chi connectivity index (χ3n) is 5.75. The van der Waals surface area contributed by atoms with E-state index in [1.807, 2.05) is 71.0 Å². The molecule has 0 saturated heterocycles. The Hall–Kier alpha value is -2.87. The van der Waals surface area contributed by atoms with Gasteiger partial charge >= 0.3 is 0 Å². The lowest BCUT2D eigenvalue weighted by Gasteiger charge is -2.32. The van der Waals surface area contributed by atoms with Crippen molar-refractivity contribution in [2.75, 3.05) is 23.7 Å². The van der Waals surface area contributed by atoms with E-state index in [0.29, 0.717) is 12.2 Å². The molecule has 0 aliphatic heterocycles. The first-order valence-electron chi connectivity index (χ1n) is 11.5. The standard InChI is InChI=1S/C26H37N3O4S/c1-18(2)15-27-26(31)22(6)28(16-23-11-9-8-10-20(23)4)25(30)17-29(34(7,32)33)24-13-12-19(3)14-21(24)5/h8-14,18,22H,15-17H2,1-7H3,(H,27,31)/t22-/m0/s1. The molecule has 8 heteroatoms. The number of rotatable bonds is 10. The van der Waals surface area contributed by atoms with Gasteiger partial charge in [-0.05, 0) is 56.4 Å². The lowest BCUT2D eigenvalue weighted by atomic mass is 10.1. The zero-order chi connectivity index (χ0) is 25.6. The molecule has 2 amide bonds. The molecule has 2 aromatic carbocycles. The fourth-order valence-electron chi connectivity index (χ4n) is 3.69. The van der Waals surface area contributed by atoms with E-state index < -0.39 is 28.5 Å². The Balaban J connectivity index is 2.41. The van der Waals surface area contributed by atoms with Crippen LogP contribution in [0.5, 0.6) is 0 Å². The Kier molecular flexibility index (Phi) is 9.27. The molecule has 0 unspecified atom stereocenters. The summed E-state index contributed by atoms with van der Waals surface area (Å²) in [7, 11) is -3.75. The number of benzene rings is 2. The minimum atomic E-state index is -3.75. The second-order valence-corrected chi connectivity index (χ2v) is 11.2. The molecule has 0 aliphatic rings. The van der Waals surface area contributed by atoms with Gasteiger partial charge < -0.3 is 10.2 Å². The summed E-state index contributed by atoms with van der Waals surface area (Å²) in [6.07, 6.45) is 1.09. The maximum Gasteiger partial charge on any atom is 0.244 e. The average Bonchev–Trinajstić information content (AvgIpc) is 2.74. The molecule has 0 heterocycles. The summed E-state index contributed by atoms with van der Waals surface area (Å²) >= 11 is 0. The predicted octanol–water partition coefficient (Wildman–Crippen LogP) is 3.57. The van der Waals surface area contributed by atoms with Crippen molar-refractivity contribution in [2.45, 2.75) is 54.1 Å². The van der Waals surface area contributed by atoms with Crippen LogP contribution in [0, 0.1) is 26.7 Å². The molecule has 0 fully saturated rings. The average molecular weight is 488 g/mol. The fourth-order valence-corrected chi connectivity index (χ4v) is 4.59. The minimum Gasteiger partial charge on any atom is -0.354 e. The SMILES string of the molecule is Cc1ccc(N(CC(=O)N(Cc2ccccc2C)[C@@H](C)C(=O)NCC(C)C)S(C)(=O)=O)c(C)c1. The van der Waals surface area contributed by atoms with Crippen LogP contribution in [0.25, 0.3) is 0 Å². The number of sulfonamides is 1. The zero-order valence-electron chi connectivity index (χ0n) is 21.3. The highest BCUT2D eigenvalue weighted by Crippen LogP contribution is 2.24. The van der Waals surface area contributed by atoms with Crippen LogP contribution in [-0.2, 0) is 26.2 Å². The van der Waals surface area contributed by atoms with Crippen LogP contribution in [0.15, 0.2) is 42.5 Å². The molecular formula is C26H37N3O4S. The quantitative estimate of drug-likeness (QED) is 0.555. The highest BCUT2D eigenvalue weighted by atomic mass is 32.2. The summed E-state index contributed by atoms with van der Waals surface area (Å²) in [5.74, 6) is -0.448. The highest BCUT2D eigenvalue weighted by molar-refractivity contribution is 7.92. The van der Waals surface area contributed by atoms with Gasteiger partial charge in [0.15, 0.2) is 0 Å². The van der Waals surface area contributed by atoms with Gasteiger partial charge in [0.1, 0.15) is 12.6 Å². The maximum atomic E-state index is 13.6. The van der Waals surface area contributed by atoms with E-state index in [1.54, 1.807) is 13.0 Å². The summed E-state index contributed by atoms with van der Waals surface area (Å²) < 4.78 is 26.5. The van der Waals surface area contributed by atoms with E-state index in [0.717, 1.165) is 32.8 Å². The molecule has 1 N–H and O–H groups in total. The van der Waals surface area contributed by atoms with Gasteiger partial charge in [0.25, 0.3) is 0 Å². The van der Waals surface area contributed by atoms with Crippen LogP contribution in [0.4, 0.5) is 5.69 Å². The summed E-state index contributed by atoms with van der Waals surface area (Å²) in [6, 6.07) is 12.3. The van der Waals surface area contributed by atoms with Gasteiger partial charge in [-0.15, -0.1) is 0 Å².